The van der Waals surface area contributed by atoms with Gasteiger partial charge < -0.3 is 9.64 Å². The van der Waals surface area contributed by atoms with E-state index in [0.717, 1.165) is 0 Å². The molecule has 7 nitrogen and oxygen atoms in total. The molecular formula is C18H20FN5O2. The highest BCUT2D eigenvalue weighted by Crippen LogP contribution is 2.22. The van der Waals surface area contributed by atoms with Gasteiger partial charge in [0.05, 0.1) is 11.7 Å². The molecule has 0 saturated heterocycles. The Morgan fingerprint density at radius 2 is 1.88 bits per heavy atom. The van der Waals surface area contributed by atoms with Crippen molar-refractivity contribution >= 4 is 17.4 Å². The highest BCUT2D eigenvalue weighted by atomic mass is 19.1. The zero-order valence-corrected chi connectivity index (χ0v) is 15.0. The minimum absolute atomic E-state index is 0.195. The zero-order valence-electron chi connectivity index (χ0n) is 15.0. The van der Waals surface area contributed by atoms with Gasteiger partial charge in [0.2, 0.25) is 0 Å². The molecule has 8 heteroatoms. The summed E-state index contributed by atoms with van der Waals surface area (Å²) in [6, 6.07) is 9.22. The van der Waals surface area contributed by atoms with Crippen molar-refractivity contribution in [3.63, 3.8) is 0 Å². The molecule has 2 heterocycles. The van der Waals surface area contributed by atoms with Crippen LogP contribution in [-0.4, -0.2) is 45.0 Å². The third-order valence-electron chi connectivity index (χ3n) is 4.00. The fraction of sp³-hybridized carbons (Fsp3) is 0.333. The van der Waals surface area contributed by atoms with Crippen molar-refractivity contribution in [1.82, 2.24) is 19.8 Å². The first-order valence-electron chi connectivity index (χ1n) is 8.29. The summed E-state index contributed by atoms with van der Waals surface area (Å²) >= 11 is 0. The first-order chi connectivity index (χ1) is 12.4. The van der Waals surface area contributed by atoms with E-state index in [1.807, 2.05) is 0 Å². The molecule has 0 aliphatic carbocycles. The Kier molecular flexibility index (Phi) is 4.83. The summed E-state index contributed by atoms with van der Waals surface area (Å²) in [5.74, 6) is 0.0626. The first-order valence-corrected chi connectivity index (χ1v) is 8.29. The van der Waals surface area contributed by atoms with Gasteiger partial charge in [0.15, 0.2) is 11.5 Å². The smallest absolute Gasteiger partial charge is 0.328 e. The molecule has 1 unspecified atom stereocenters. The van der Waals surface area contributed by atoms with Crippen LogP contribution >= 0.6 is 0 Å². The number of likely N-dealkylation sites (N-methyl/N-ethyl adjacent to an activating group) is 1. The lowest BCUT2D eigenvalue weighted by Gasteiger charge is -2.25. The van der Waals surface area contributed by atoms with Crippen LogP contribution in [0.3, 0.4) is 0 Å². The molecule has 0 radical (unpaired) electrons. The van der Waals surface area contributed by atoms with E-state index < -0.39 is 11.9 Å². The largest absolute Gasteiger partial charge is 0.461 e. The second-order valence-electron chi connectivity index (χ2n) is 6.24. The zero-order chi connectivity index (χ0) is 18.8. The van der Waals surface area contributed by atoms with E-state index in [2.05, 4.69) is 15.3 Å². The molecule has 3 rings (SSSR count). The molecule has 2 aromatic heterocycles. The number of hydrogen-bond acceptors (Lipinski definition) is 6. The topological polar surface area (TPSA) is 72.6 Å². The number of anilines is 1. The number of nitrogens with zero attached hydrogens (tertiary/aromatic N) is 5. The maximum atomic E-state index is 14.1. The standard InChI is InChI=1S/C18H20FN5O2/c1-11(2)26-18(25)12(3)23(4)16-10-9-15-20-21-17(24(15)22-16)13-7-5-6-8-14(13)19/h5-12H,1-4H3. The lowest BCUT2D eigenvalue weighted by Crippen LogP contribution is -2.39. The van der Waals surface area contributed by atoms with Gasteiger partial charge in [-0.15, -0.1) is 15.3 Å². The van der Waals surface area contributed by atoms with E-state index in [-0.39, 0.29) is 12.1 Å². The van der Waals surface area contributed by atoms with Crippen molar-refractivity contribution in [1.29, 1.82) is 0 Å². The molecule has 0 bridgehead atoms. The van der Waals surface area contributed by atoms with E-state index in [0.29, 0.717) is 22.9 Å². The number of carbonyl (C=O) groups excluding carboxylic acids is 1. The Balaban J connectivity index is 1.97. The van der Waals surface area contributed by atoms with Gasteiger partial charge in [-0.05, 0) is 45.0 Å². The third-order valence-corrected chi connectivity index (χ3v) is 4.00. The van der Waals surface area contributed by atoms with Crippen molar-refractivity contribution in [2.45, 2.75) is 32.9 Å². The molecule has 26 heavy (non-hydrogen) atoms. The predicted octanol–water partition coefficient (Wildman–Crippen LogP) is 2.71. The molecule has 0 aliphatic heterocycles. The maximum absolute atomic E-state index is 14.1. The molecule has 0 fully saturated rings. The lowest BCUT2D eigenvalue weighted by molar-refractivity contribution is -0.148. The second-order valence-corrected chi connectivity index (χ2v) is 6.24. The molecular weight excluding hydrogens is 337 g/mol. The number of fused-ring (bicyclic) bond motifs is 1. The Labute approximate surface area is 150 Å². The van der Waals surface area contributed by atoms with Crippen LogP contribution in [0.2, 0.25) is 0 Å². The summed E-state index contributed by atoms with van der Waals surface area (Å²) in [4.78, 5) is 13.8. The van der Waals surface area contributed by atoms with Crippen molar-refractivity contribution in [3.05, 3.63) is 42.2 Å². The number of hydrogen-bond donors (Lipinski definition) is 0. The minimum Gasteiger partial charge on any atom is -0.461 e. The van der Waals surface area contributed by atoms with Gasteiger partial charge in [0.1, 0.15) is 17.7 Å². The van der Waals surface area contributed by atoms with Gasteiger partial charge in [-0.3, -0.25) is 0 Å². The summed E-state index contributed by atoms with van der Waals surface area (Å²) in [6.45, 7) is 5.33. The van der Waals surface area contributed by atoms with Crippen LogP contribution in [0, 0.1) is 5.82 Å². The minimum atomic E-state index is -0.532. The Hall–Kier alpha value is -3.03. The molecule has 0 spiro atoms. The Bertz CT molecular complexity index is 940. The maximum Gasteiger partial charge on any atom is 0.328 e. The summed E-state index contributed by atoms with van der Waals surface area (Å²) in [6.07, 6.45) is -0.195. The quantitative estimate of drug-likeness (QED) is 0.654. The first kappa shape index (κ1) is 17.8. The average molecular weight is 357 g/mol. The highest BCUT2D eigenvalue weighted by molar-refractivity contribution is 5.79. The van der Waals surface area contributed by atoms with Crippen LogP contribution in [0.4, 0.5) is 10.2 Å². The second kappa shape index (κ2) is 7.07. The fourth-order valence-corrected chi connectivity index (χ4v) is 2.47. The number of benzene rings is 1. The molecule has 0 aliphatic rings. The SMILES string of the molecule is CC(C)OC(=O)C(C)N(C)c1ccc2nnc(-c3ccccc3F)n2n1. The van der Waals surface area contributed by atoms with Gasteiger partial charge in [-0.2, -0.15) is 4.52 Å². The molecule has 136 valence electrons. The van der Waals surface area contributed by atoms with Crippen molar-refractivity contribution < 1.29 is 13.9 Å². The van der Waals surface area contributed by atoms with E-state index in [1.54, 1.807) is 63.1 Å². The van der Waals surface area contributed by atoms with E-state index in [4.69, 9.17) is 4.74 Å². The molecule has 1 aromatic carbocycles. The number of halogens is 1. The molecule has 1 atom stereocenters. The average Bonchev–Trinajstić information content (AvgIpc) is 3.03. The molecule has 0 saturated carbocycles. The number of aromatic nitrogens is 4. The third kappa shape index (κ3) is 3.35. The number of esters is 1. The van der Waals surface area contributed by atoms with E-state index in [9.17, 15) is 9.18 Å². The van der Waals surface area contributed by atoms with E-state index >= 15 is 0 Å². The fourth-order valence-electron chi connectivity index (χ4n) is 2.47. The van der Waals surface area contributed by atoms with Gasteiger partial charge in [0, 0.05) is 7.05 Å². The normalized spacial score (nSPS) is 12.4. The summed E-state index contributed by atoms with van der Waals surface area (Å²) in [7, 11) is 1.74. The molecule has 3 aromatic rings. The number of rotatable bonds is 5. The number of carbonyl (C=O) groups is 1. The van der Waals surface area contributed by atoms with Gasteiger partial charge >= 0.3 is 5.97 Å². The van der Waals surface area contributed by atoms with Crippen LogP contribution in [0.1, 0.15) is 20.8 Å². The summed E-state index contributed by atoms with van der Waals surface area (Å²) < 4.78 is 20.8. The van der Waals surface area contributed by atoms with Gasteiger partial charge in [-0.25, -0.2) is 9.18 Å². The van der Waals surface area contributed by atoms with Crippen molar-refractivity contribution in [2.75, 3.05) is 11.9 Å². The predicted molar refractivity (Wildman–Crippen MR) is 95.3 cm³/mol. The molecule has 0 amide bonds. The molecule has 0 N–H and O–H groups in total. The van der Waals surface area contributed by atoms with Gasteiger partial charge in [0.25, 0.3) is 0 Å². The van der Waals surface area contributed by atoms with Crippen LogP contribution < -0.4 is 4.90 Å². The van der Waals surface area contributed by atoms with Crippen LogP contribution in [0.15, 0.2) is 36.4 Å². The Morgan fingerprint density at radius 3 is 2.58 bits per heavy atom. The van der Waals surface area contributed by atoms with Crippen LogP contribution in [0.25, 0.3) is 17.0 Å². The summed E-state index contributed by atoms with van der Waals surface area (Å²) in [5, 5.41) is 12.6. The van der Waals surface area contributed by atoms with E-state index in [1.165, 1.54) is 10.6 Å². The lowest BCUT2D eigenvalue weighted by atomic mass is 10.2. The van der Waals surface area contributed by atoms with Crippen LogP contribution in [0.5, 0.6) is 0 Å². The number of ether oxygens (including phenoxy) is 1. The van der Waals surface area contributed by atoms with Crippen molar-refractivity contribution in [3.8, 4) is 11.4 Å². The van der Waals surface area contributed by atoms with Gasteiger partial charge in [-0.1, -0.05) is 12.1 Å². The van der Waals surface area contributed by atoms with Crippen molar-refractivity contribution in [2.24, 2.45) is 0 Å². The van der Waals surface area contributed by atoms with Crippen LogP contribution in [-0.2, 0) is 9.53 Å². The highest BCUT2D eigenvalue weighted by Gasteiger charge is 2.23. The Morgan fingerprint density at radius 1 is 1.15 bits per heavy atom. The summed E-state index contributed by atoms with van der Waals surface area (Å²) in [5.41, 5.74) is 0.789. The monoisotopic (exact) mass is 357 g/mol.